The lowest BCUT2D eigenvalue weighted by Crippen LogP contribution is -2.15. The molecule has 1 aromatic carbocycles. The van der Waals surface area contributed by atoms with Crippen LogP contribution in [0.5, 0.6) is 5.75 Å². The van der Waals surface area contributed by atoms with E-state index < -0.39 is 0 Å². The number of hydrogen-bond donors (Lipinski definition) is 1. The van der Waals surface area contributed by atoms with Crippen molar-refractivity contribution in [1.29, 1.82) is 5.41 Å². The first-order chi connectivity index (χ1) is 10.7. The highest BCUT2D eigenvalue weighted by Crippen LogP contribution is 2.25. The normalized spacial score (nSPS) is 11.5. The summed E-state index contributed by atoms with van der Waals surface area (Å²) in [7, 11) is 1.64. The predicted molar refractivity (Wildman–Crippen MR) is 85.5 cm³/mol. The van der Waals surface area contributed by atoms with Crippen LogP contribution in [0.15, 0.2) is 24.3 Å². The summed E-state index contributed by atoms with van der Waals surface area (Å²) in [6, 6.07) is 7.75. The Labute approximate surface area is 129 Å². The van der Waals surface area contributed by atoms with Gasteiger partial charge in [0.15, 0.2) is 0 Å². The summed E-state index contributed by atoms with van der Waals surface area (Å²) < 4.78 is 7.04. The van der Waals surface area contributed by atoms with Gasteiger partial charge < -0.3 is 4.74 Å². The summed E-state index contributed by atoms with van der Waals surface area (Å²) in [5.41, 5.74) is 1.23. The van der Waals surface area contributed by atoms with E-state index in [0.29, 0.717) is 10.4 Å². The molecule has 0 saturated carbocycles. The Balaban J connectivity index is 2.15. The number of methoxy groups -OCH3 is 1. The van der Waals surface area contributed by atoms with Gasteiger partial charge in [0.2, 0.25) is 4.96 Å². The minimum Gasteiger partial charge on any atom is -0.497 e. The lowest BCUT2D eigenvalue weighted by atomic mass is 10.2. The van der Waals surface area contributed by atoms with Crippen molar-refractivity contribution in [2.45, 2.75) is 13.3 Å². The molecular formula is C15H13N5OS. The van der Waals surface area contributed by atoms with E-state index in [0.717, 1.165) is 39.1 Å². The largest absolute Gasteiger partial charge is 0.497 e. The second-order valence-corrected chi connectivity index (χ2v) is 5.89. The Kier molecular flexibility index (Phi) is 2.83. The zero-order valence-corrected chi connectivity index (χ0v) is 12.9. The highest BCUT2D eigenvalue weighted by Gasteiger charge is 2.11. The number of ether oxygens (including phenoxy) is 1. The number of nitrogens with zero attached hydrogens (tertiary/aromatic N) is 4. The van der Waals surface area contributed by atoms with Crippen LogP contribution in [0.4, 0.5) is 0 Å². The quantitative estimate of drug-likeness (QED) is 0.577. The first-order valence-electron chi connectivity index (χ1n) is 6.91. The number of fused-ring (bicyclic) bond motifs is 3. The summed E-state index contributed by atoms with van der Waals surface area (Å²) in [6.45, 7) is 2.01. The number of aryl methyl sites for hydroxylation is 1. The molecule has 0 atom stereocenters. The van der Waals surface area contributed by atoms with E-state index in [2.05, 4.69) is 15.2 Å². The molecule has 4 rings (SSSR count). The molecule has 3 aromatic heterocycles. The van der Waals surface area contributed by atoms with E-state index >= 15 is 0 Å². The number of benzene rings is 1. The molecule has 0 aliphatic carbocycles. The third kappa shape index (κ3) is 1.79. The third-order valence-electron chi connectivity index (χ3n) is 3.67. The van der Waals surface area contributed by atoms with Gasteiger partial charge in [-0.15, -0.1) is 10.2 Å². The standard InChI is InChI=1S/C15H13N5OS/c1-3-12-18-19-15-20(12)13(16)10-6-8-4-5-9(21-2)7-11(8)17-14(10)22-15/h4-7,16H,3H2,1-2H3. The van der Waals surface area contributed by atoms with Gasteiger partial charge in [-0.05, 0) is 18.2 Å². The van der Waals surface area contributed by atoms with Crippen molar-refractivity contribution >= 4 is 37.4 Å². The van der Waals surface area contributed by atoms with Gasteiger partial charge in [-0.2, -0.15) is 0 Å². The highest BCUT2D eigenvalue weighted by atomic mass is 32.1. The first kappa shape index (κ1) is 13.1. The molecule has 0 aliphatic heterocycles. The smallest absolute Gasteiger partial charge is 0.219 e. The van der Waals surface area contributed by atoms with Crippen LogP contribution in [0.1, 0.15) is 12.7 Å². The molecule has 110 valence electrons. The fourth-order valence-corrected chi connectivity index (χ4v) is 3.48. The summed E-state index contributed by atoms with van der Waals surface area (Å²) >= 11 is 1.45. The monoisotopic (exact) mass is 311 g/mol. The maximum atomic E-state index is 8.47. The molecule has 6 nitrogen and oxygen atoms in total. The van der Waals surface area contributed by atoms with E-state index in [4.69, 9.17) is 10.1 Å². The minimum atomic E-state index is 0.385. The predicted octanol–water partition coefficient (Wildman–Crippen LogP) is 2.54. The second kappa shape index (κ2) is 4.74. The van der Waals surface area contributed by atoms with E-state index in [1.165, 1.54) is 11.3 Å². The van der Waals surface area contributed by atoms with Crippen molar-refractivity contribution in [1.82, 2.24) is 19.6 Å². The van der Waals surface area contributed by atoms with Gasteiger partial charge in [-0.25, -0.2) is 4.98 Å². The molecular weight excluding hydrogens is 298 g/mol. The molecule has 0 saturated heterocycles. The number of pyridine rings is 1. The molecule has 0 unspecified atom stereocenters. The molecule has 0 spiro atoms. The topological polar surface area (TPSA) is 76.2 Å². The lowest BCUT2D eigenvalue weighted by molar-refractivity contribution is 0.415. The number of nitrogens with one attached hydrogen (secondary N) is 1. The molecule has 4 aromatic rings. The van der Waals surface area contributed by atoms with Crippen molar-refractivity contribution in [3.8, 4) is 5.75 Å². The first-order valence-corrected chi connectivity index (χ1v) is 7.73. The van der Waals surface area contributed by atoms with Crippen molar-refractivity contribution in [3.63, 3.8) is 0 Å². The van der Waals surface area contributed by atoms with E-state index in [9.17, 15) is 0 Å². The van der Waals surface area contributed by atoms with Gasteiger partial charge in [0.05, 0.1) is 18.0 Å². The maximum Gasteiger partial charge on any atom is 0.219 e. The van der Waals surface area contributed by atoms with Crippen LogP contribution in [0.3, 0.4) is 0 Å². The third-order valence-corrected chi connectivity index (χ3v) is 4.62. The molecule has 1 N–H and O–H groups in total. The summed E-state index contributed by atoms with van der Waals surface area (Å²) in [6.07, 6.45) is 0.740. The SMILES string of the molecule is CCc1nnc2sc3nc4cc(OC)ccc4cc3c(=N)n12. The zero-order valence-electron chi connectivity index (χ0n) is 12.1. The van der Waals surface area contributed by atoms with Gasteiger partial charge >= 0.3 is 0 Å². The van der Waals surface area contributed by atoms with E-state index in [1.807, 2.05) is 31.2 Å². The van der Waals surface area contributed by atoms with E-state index in [-0.39, 0.29) is 0 Å². The van der Waals surface area contributed by atoms with Crippen LogP contribution in [0, 0.1) is 5.41 Å². The summed E-state index contributed by atoms with van der Waals surface area (Å²) in [4.78, 5) is 6.15. The zero-order chi connectivity index (χ0) is 15.3. The van der Waals surface area contributed by atoms with Crippen molar-refractivity contribution in [2.75, 3.05) is 7.11 Å². The molecule has 0 amide bonds. The van der Waals surface area contributed by atoms with Crippen LogP contribution < -0.4 is 10.2 Å². The lowest BCUT2D eigenvalue weighted by Gasteiger charge is -2.05. The summed E-state index contributed by atoms with van der Waals surface area (Å²) in [5, 5.41) is 18.6. The molecule has 0 fully saturated rings. The Morgan fingerprint density at radius 2 is 2.14 bits per heavy atom. The van der Waals surface area contributed by atoms with Crippen LogP contribution >= 0.6 is 11.3 Å². The van der Waals surface area contributed by atoms with Crippen LogP contribution in [0.2, 0.25) is 0 Å². The van der Waals surface area contributed by atoms with Gasteiger partial charge in [0.25, 0.3) is 0 Å². The van der Waals surface area contributed by atoms with Gasteiger partial charge in [0.1, 0.15) is 21.9 Å². The van der Waals surface area contributed by atoms with Gasteiger partial charge in [-0.1, -0.05) is 18.3 Å². The highest BCUT2D eigenvalue weighted by molar-refractivity contribution is 7.22. The Bertz CT molecular complexity index is 1080. The maximum absolute atomic E-state index is 8.47. The molecule has 0 aliphatic rings. The number of hydrogen-bond acceptors (Lipinski definition) is 6. The minimum absolute atomic E-state index is 0.385. The average Bonchev–Trinajstić information content (AvgIpc) is 2.96. The second-order valence-electron chi connectivity index (χ2n) is 4.94. The van der Waals surface area contributed by atoms with Crippen molar-refractivity contribution in [3.05, 3.63) is 35.6 Å². The van der Waals surface area contributed by atoms with Gasteiger partial charge in [-0.3, -0.25) is 9.81 Å². The van der Waals surface area contributed by atoms with Crippen molar-refractivity contribution < 1.29 is 4.74 Å². The Morgan fingerprint density at radius 3 is 2.91 bits per heavy atom. The fraction of sp³-hybridized carbons (Fsp3) is 0.200. The molecule has 0 radical (unpaired) electrons. The van der Waals surface area contributed by atoms with Crippen LogP contribution in [0.25, 0.3) is 26.1 Å². The van der Waals surface area contributed by atoms with Gasteiger partial charge in [0, 0.05) is 17.9 Å². The molecule has 3 heterocycles. The summed E-state index contributed by atoms with van der Waals surface area (Å²) in [5.74, 6) is 1.57. The van der Waals surface area contributed by atoms with E-state index in [1.54, 1.807) is 11.5 Å². The van der Waals surface area contributed by atoms with Crippen LogP contribution in [-0.2, 0) is 6.42 Å². The fourth-order valence-electron chi connectivity index (χ4n) is 2.53. The number of rotatable bonds is 2. The van der Waals surface area contributed by atoms with Crippen molar-refractivity contribution in [2.24, 2.45) is 0 Å². The van der Waals surface area contributed by atoms with Crippen LogP contribution in [-0.4, -0.2) is 26.7 Å². The number of aromatic nitrogens is 4. The molecule has 7 heteroatoms. The molecule has 0 bridgehead atoms. The molecule has 22 heavy (non-hydrogen) atoms. The Morgan fingerprint density at radius 1 is 1.27 bits per heavy atom. The average molecular weight is 311 g/mol. The Hall–Kier alpha value is -2.54.